The molecule has 0 radical (unpaired) electrons. The number of fused-ring (bicyclic) bond motifs is 1. The van der Waals surface area contributed by atoms with Crippen molar-refractivity contribution in [1.82, 2.24) is 0 Å². The van der Waals surface area contributed by atoms with E-state index >= 15 is 0 Å². The molecule has 1 saturated heterocycles. The van der Waals surface area contributed by atoms with Gasteiger partial charge in [0, 0.05) is 17.1 Å². The summed E-state index contributed by atoms with van der Waals surface area (Å²) in [5.41, 5.74) is -1.31. The van der Waals surface area contributed by atoms with Crippen LogP contribution in [-0.4, -0.2) is 52.7 Å². The number of allylic oxidation sites excluding steroid dienone is 1. The van der Waals surface area contributed by atoms with Gasteiger partial charge in [-0.05, 0) is 40.0 Å². The second-order valence-corrected chi connectivity index (χ2v) is 9.28. The van der Waals surface area contributed by atoms with Gasteiger partial charge >= 0.3 is 17.9 Å². The summed E-state index contributed by atoms with van der Waals surface area (Å²) in [4.78, 5) is 50.9. The molecule has 2 rings (SSSR count). The maximum absolute atomic E-state index is 13.3. The first-order valence-electron chi connectivity index (χ1n) is 11.0. The van der Waals surface area contributed by atoms with E-state index in [2.05, 4.69) is 6.58 Å². The molecule has 1 aliphatic heterocycles. The van der Waals surface area contributed by atoms with Crippen LogP contribution in [0.3, 0.4) is 0 Å². The molecule has 0 aromatic carbocycles. The lowest BCUT2D eigenvalue weighted by molar-refractivity contribution is -0.195. The zero-order valence-corrected chi connectivity index (χ0v) is 19.7. The third kappa shape index (κ3) is 5.28. The lowest BCUT2D eigenvalue weighted by Gasteiger charge is -2.40. The molecule has 0 aromatic rings. The van der Waals surface area contributed by atoms with E-state index in [4.69, 9.17) is 14.2 Å². The zero-order valence-electron chi connectivity index (χ0n) is 19.7. The van der Waals surface area contributed by atoms with E-state index in [1.165, 1.54) is 6.92 Å². The lowest BCUT2D eigenvalue weighted by Crippen LogP contribution is -2.55. The standard InChI is InChI=1S/C24H34O8/c1-8-13(4)22(27)30-18-16-15(6)23(28)31-19(16)20(32-21(26)12(2)3)24(7,29)11-9-10-14(5)17(18)25/h8,12,14,16,18-20,29H,6,9-11H2,1-5,7H3. The summed E-state index contributed by atoms with van der Waals surface area (Å²) in [5.74, 6) is -4.53. The predicted molar refractivity (Wildman–Crippen MR) is 115 cm³/mol. The summed E-state index contributed by atoms with van der Waals surface area (Å²) >= 11 is 0. The van der Waals surface area contributed by atoms with Gasteiger partial charge < -0.3 is 19.3 Å². The minimum atomic E-state index is -1.55. The van der Waals surface area contributed by atoms with Crippen LogP contribution in [0.15, 0.2) is 23.8 Å². The fourth-order valence-corrected chi connectivity index (χ4v) is 3.99. The van der Waals surface area contributed by atoms with Crippen molar-refractivity contribution in [2.75, 3.05) is 0 Å². The van der Waals surface area contributed by atoms with Gasteiger partial charge in [-0.15, -0.1) is 0 Å². The molecule has 2 fully saturated rings. The first-order chi connectivity index (χ1) is 14.8. The summed E-state index contributed by atoms with van der Waals surface area (Å²) in [5, 5.41) is 11.3. The van der Waals surface area contributed by atoms with Gasteiger partial charge in [-0.3, -0.25) is 9.59 Å². The molecule has 8 nitrogen and oxygen atoms in total. The first kappa shape index (κ1) is 25.8. The van der Waals surface area contributed by atoms with Gasteiger partial charge in [-0.2, -0.15) is 0 Å². The van der Waals surface area contributed by atoms with Crippen molar-refractivity contribution in [3.05, 3.63) is 23.8 Å². The van der Waals surface area contributed by atoms with E-state index in [-0.39, 0.29) is 17.8 Å². The van der Waals surface area contributed by atoms with Crippen molar-refractivity contribution in [2.45, 2.75) is 84.7 Å². The number of aliphatic hydroxyl groups is 1. The summed E-state index contributed by atoms with van der Waals surface area (Å²) in [6.07, 6.45) is -1.22. The highest BCUT2D eigenvalue weighted by molar-refractivity contribution is 5.96. The van der Waals surface area contributed by atoms with Gasteiger partial charge in [0.05, 0.1) is 11.8 Å². The molecule has 6 unspecified atom stereocenters. The van der Waals surface area contributed by atoms with Crippen molar-refractivity contribution in [1.29, 1.82) is 0 Å². The lowest BCUT2D eigenvalue weighted by atomic mass is 9.76. The summed E-state index contributed by atoms with van der Waals surface area (Å²) < 4.78 is 16.7. The average Bonchev–Trinajstić information content (AvgIpc) is 3.01. The quantitative estimate of drug-likeness (QED) is 0.395. The smallest absolute Gasteiger partial charge is 0.334 e. The van der Waals surface area contributed by atoms with Crippen LogP contribution >= 0.6 is 0 Å². The van der Waals surface area contributed by atoms with Gasteiger partial charge in [0.15, 0.2) is 24.1 Å². The van der Waals surface area contributed by atoms with Crippen molar-refractivity contribution >= 4 is 23.7 Å². The summed E-state index contributed by atoms with van der Waals surface area (Å²) in [7, 11) is 0. The van der Waals surface area contributed by atoms with Gasteiger partial charge in [0.25, 0.3) is 0 Å². The molecule has 0 amide bonds. The van der Waals surface area contributed by atoms with Gasteiger partial charge in [0.1, 0.15) is 5.60 Å². The Morgan fingerprint density at radius 3 is 2.47 bits per heavy atom. The Morgan fingerprint density at radius 2 is 1.91 bits per heavy atom. The van der Waals surface area contributed by atoms with Crippen molar-refractivity contribution in [3.8, 4) is 0 Å². The Morgan fingerprint density at radius 1 is 1.28 bits per heavy atom. The van der Waals surface area contributed by atoms with Crippen molar-refractivity contribution in [3.63, 3.8) is 0 Å². The Hall–Kier alpha value is -2.48. The van der Waals surface area contributed by atoms with Crippen LogP contribution in [-0.2, 0) is 33.4 Å². The second-order valence-electron chi connectivity index (χ2n) is 9.28. The Labute approximate surface area is 189 Å². The fraction of sp³-hybridized carbons (Fsp3) is 0.667. The van der Waals surface area contributed by atoms with Crippen LogP contribution in [0.1, 0.15) is 60.8 Å². The number of hydrogen-bond acceptors (Lipinski definition) is 8. The molecular weight excluding hydrogens is 416 g/mol. The molecular formula is C24H34O8. The average molecular weight is 451 g/mol. The van der Waals surface area contributed by atoms with E-state index in [1.54, 1.807) is 40.7 Å². The van der Waals surface area contributed by atoms with Gasteiger partial charge in [-0.25, -0.2) is 9.59 Å². The van der Waals surface area contributed by atoms with Crippen LogP contribution in [0.5, 0.6) is 0 Å². The number of Topliss-reactive ketones (excluding diaryl/α,β-unsaturated/α-hetero) is 1. The molecule has 1 heterocycles. The SMILES string of the molecule is C=C1C(=O)OC2C1C(OC(=O)C(C)=CC)C(=O)C(C)CCCC(C)(O)C2OC(=O)C(C)C. The third-order valence-corrected chi connectivity index (χ3v) is 6.29. The van der Waals surface area contributed by atoms with E-state index in [9.17, 15) is 24.3 Å². The second kappa shape index (κ2) is 9.98. The molecule has 178 valence electrons. The van der Waals surface area contributed by atoms with Crippen LogP contribution < -0.4 is 0 Å². The summed E-state index contributed by atoms with van der Waals surface area (Å²) in [6, 6.07) is 0. The molecule has 2 aliphatic rings. The first-order valence-corrected chi connectivity index (χ1v) is 11.0. The largest absolute Gasteiger partial charge is 0.455 e. The number of ether oxygens (including phenoxy) is 3. The minimum absolute atomic E-state index is 0.0616. The summed E-state index contributed by atoms with van der Waals surface area (Å²) in [6.45, 7) is 13.5. The zero-order chi connectivity index (χ0) is 24.4. The molecule has 1 aliphatic carbocycles. The molecule has 0 aromatic heterocycles. The normalized spacial score (nSPS) is 34.1. The maximum Gasteiger partial charge on any atom is 0.334 e. The van der Waals surface area contributed by atoms with Crippen LogP contribution in [0.2, 0.25) is 0 Å². The molecule has 0 spiro atoms. The monoisotopic (exact) mass is 450 g/mol. The Kier molecular flexibility index (Phi) is 8.04. The number of carbonyl (C=O) groups excluding carboxylic acids is 4. The van der Waals surface area contributed by atoms with Crippen LogP contribution in [0.25, 0.3) is 0 Å². The highest BCUT2D eigenvalue weighted by Gasteiger charge is 2.57. The predicted octanol–water partition coefficient (Wildman–Crippen LogP) is 2.67. The van der Waals surface area contributed by atoms with Gasteiger partial charge in [-0.1, -0.05) is 33.4 Å². The van der Waals surface area contributed by atoms with E-state index < -0.39 is 59.6 Å². The molecule has 32 heavy (non-hydrogen) atoms. The van der Waals surface area contributed by atoms with Crippen molar-refractivity contribution < 1.29 is 38.5 Å². The molecule has 8 heteroatoms. The third-order valence-electron chi connectivity index (χ3n) is 6.29. The molecule has 1 saturated carbocycles. The topological polar surface area (TPSA) is 116 Å². The maximum atomic E-state index is 13.3. The fourth-order valence-electron chi connectivity index (χ4n) is 3.99. The highest BCUT2D eigenvalue weighted by atomic mass is 16.6. The number of carbonyl (C=O) groups is 4. The minimum Gasteiger partial charge on any atom is -0.455 e. The van der Waals surface area contributed by atoms with E-state index in [0.717, 1.165) is 0 Å². The van der Waals surface area contributed by atoms with Crippen molar-refractivity contribution in [2.24, 2.45) is 17.8 Å². The molecule has 0 bridgehead atoms. The number of hydrogen-bond donors (Lipinski definition) is 1. The number of rotatable bonds is 4. The Balaban J connectivity index is 2.60. The van der Waals surface area contributed by atoms with Gasteiger partial charge in [0.2, 0.25) is 0 Å². The Bertz CT molecular complexity index is 822. The van der Waals surface area contributed by atoms with Crippen LogP contribution in [0, 0.1) is 17.8 Å². The molecule has 6 atom stereocenters. The number of ketones is 1. The van der Waals surface area contributed by atoms with E-state index in [0.29, 0.717) is 18.4 Å². The van der Waals surface area contributed by atoms with E-state index in [1.807, 2.05) is 0 Å². The molecule has 1 N–H and O–H groups in total. The number of esters is 3. The van der Waals surface area contributed by atoms with Crippen LogP contribution in [0.4, 0.5) is 0 Å². The highest BCUT2D eigenvalue weighted by Crippen LogP contribution is 2.41.